The number of imidazole rings is 1. The fraction of sp³-hybridized carbons (Fsp3) is 0.435. The van der Waals surface area contributed by atoms with Crippen LogP contribution in [0.1, 0.15) is 18.4 Å². The van der Waals surface area contributed by atoms with Gasteiger partial charge in [0.1, 0.15) is 11.3 Å². The summed E-state index contributed by atoms with van der Waals surface area (Å²) in [7, 11) is 0. The summed E-state index contributed by atoms with van der Waals surface area (Å²) in [6.45, 7) is 6.71. The van der Waals surface area contributed by atoms with E-state index in [0.29, 0.717) is 5.95 Å². The van der Waals surface area contributed by atoms with Crippen LogP contribution in [0.15, 0.2) is 36.5 Å². The summed E-state index contributed by atoms with van der Waals surface area (Å²) in [6.07, 6.45) is 4.78. The number of aryl methyl sites for hydroxylation is 1. The Bertz CT molecular complexity index is 1100. The van der Waals surface area contributed by atoms with Crippen LogP contribution < -0.4 is 20.7 Å². The first-order valence-corrected chi connectivity index (χ1v) is 11.3. The predicted octanol–water partition coefficient (Wildman–Crippen LogP) is 2.46. The predicted molar refractivity (Wildman–Crippen MR) is 124 cm³/mol. The van der Waals surface area contributed by atoms with E-state index in [1.54, 1.807) is 6.20 Å². The Kier molecular flexibility index (Phi) is 5.81. The highest BCUT2D eigenvalue weighted by Gasteiger charge is 2.23. The SMILES string of the molecule is NC(=O)Nc1nc2cccnc2n1CCCCN1CCN(c2cccc3c2OCC3)CC1. The van der Waals surface area contributed by atoms with Crippen molar-refractivity contribution in [3.05, 3.63) is 42.1 Å². The zero-order chi connectivity index (χ0) is 21.9. The van der Waals surface area contributed by atoms with Crippen LogP contribution in [0.4, 0.5) is 16.4 Å². The number of aromatic nitrogens is 3. The lowest BCUT2D eigenvalue weighted by Gasteiger charge is -2.36. The molecule has 2 aliphatic heterocycles. The molecule has 0 bridgehead atoms. The maximum atomic E-state index is 11.3. The number of fused-ring (bicyclic) bond motifs is 2. The molecule has 0 saturated carbocycles. The monoisotopic (exact) mass is 435 g/mol. The first-order valence-electron chi connectivity index (χ1n) is 11.3. The number of amides is 2. The van der Waals surface area contributed by atoms with E-state index in [1.165, 1.54) is 11.3 Å². The van der Waals surface area contributed by atoms with Crippen LogP contribution in [0.25, 0.3) is 11.2 Å². The van der Waals surface area contributed by atoms with E-state index in [2.05, 4.69) is 43.3 Å². The number of nitrogens with zero attached hydrogens (tertiary/aromatic N) is 5. The normalized spacial score (nSPS) is 16.2. The second kappa shape index (κ2) is 9.04. The number of primary amides is 1. The topological polar surface area (TPSA) is 102 Å². The fourth-order valence-corrected chi connectivity index (χ4v) is 4.64. The van der Waals surface area contributed by atoms with E-state index in [4.69, 9.17) is 10.5 Å². The Morgan fingerprint density at radius 3 is 2.78 bits per heavy atom. The number of piperazine rings is 1. The average molecular weight is 436 g/mol. The maximum Gasteiger partial charge on any atom is 0.318 e. The highest BCUT2D eigenvalue weighted by molar-refractivity contribution is 5.88. The Hall–Kier alpha value is -3.33. The number of benzene rings is 1. The van der Waals surface area contributed by atoms with Gasteiger partial charge in [-0.2, -0.15) is 0 Å². The molecule has 5 rings (SSSR count). The second-order valence-corrected chi connectivity index (χ2v) is 8.32. The molecule has 0 radical (unpaired) electrons. The van der Waals surface area contributed by atoms with Gasteiger partial charge in [0.15, 0.2) is 5.65 Å². The number of unbranched alkanes of at least 4 members (excludes halogenated alkanes) is 1. The minimum absolute atomic E-state index is 0.456. The molecule has 1 saturated heterocycles. The number of para-hydroxylation sites is 1. The summed E-state index contributed by atoms with van der Waals surface area (Å²) in [5, 5.41) is 2.62. The van der Waals surface area contributed by atoms with Crippen LogP contribution in [0.2, 0.25) is 0 Å². The number of carbonyl (C=O) groups excluding carboxylic acids is 1. The van der Waals surface area contributed by atoms with Crippen LogP contribution in [0.3, 0.4) is 0 Å². The number of ether oxygens (including phenoxy) is 1. The van der Waals surface area contributed by atoms with E-state index in [0.717, 1.165) is 82.1 Å². The molecule has 2 amide bonds. The lowest BCUT2D eigenvalue weighted by atomic mass is 10.1. The lowest BCUT2D eigenvalue weighted by molar-refractivity contribution is 0.250. The molecule has 3 aromatic rings. The molecule has 1 fully saturated rings. The number of carbonyl (C=O) groups is 1. The van der Waals surface area contributed by atoms with E-state index < -0.39 is 6.03 Å². The third-order valence-electron chi connectivity index (χ3n) is 6.25. The molecule has 168 valence electrons. The van der Waals surface area contributed by atoms with Gasteiger partial charge in [-0.25, -0.2) is 14.8 Å². The number of hydrogen-bond acceptors (Lipinski definition) is 6. The third kappa shape index (κ3) is 4.20. The lowest BCUT2D eigenvalue weighted by Crippen LogP contribution is -2.46. The minimum atomic E-state index is -0.617. The maximum absolute atomic E-state index is 11.3. The van der Waals surface area contributed by atoms with Crippen molar-refractivity contribution in [2.45, 2.75) is 25.8 Å². The van der Waals surface area contributed by atoms with Gasteiger partial charge in [-0.3, -0.25) is 14.8 Å². The number of hydrogen-bond donors (Lipinski definition) is 2. The first-order chi connectivity index (χ1) is 15.7. The summed E-state index contributed by atoms with van der Waals surface area (Å²) in [5.74, 6) is 1.54. The highest BCUT2D eigenvalue weighted by Crippen LogP contribution is 2.36. The van der Waals surface area contributed by atoms with Crippen molar-refractivity contribution < 1.29 is 9.53 Å². The Morgan fingerprint density at radius 1 is 1.09 bits per heavy atom. The van der Waals surface area contributed by atoms with Gasteiger partial charge in [0.2, 0.25) is 5.95 Å². The summed E-state index contributed by atoms with van der Waals surface area (Å²) >= 11 is 0. The molecule has 9 nitrogen and oxygen atoms in total. The van der Waals surface area contributed by atoms with Gasteiger partial charge in [-0.15, -0.1) is 0 Å². The van der Waals surface area contributed by atoms with Crippen molar-refractivity contribution in [1.29, 1.82) is 0 Å². The van der Waals surface area contributed by atoms with Gasteiger partial charge in [-0.05, 0) is 43.1 Å². The zero-order valence-electron chi connectivity index (χ0n) is 18.2. The Balaban J connectivity index is 1.13. The number of urea groups is 1. The number of nitrogens with two attached hydrogens (primary N) is 1. The second-order valence-electron chi connectivity index (χ2n) is 8.32. The van der Waals surface area contributed by atoms with Gasteiger partial charge in [0.25, 0.3) is 0 Å². The largest absolute Gasteiger partial charge is 0.491 e. The Labute approximate surface area is 187 Å². The van der Waals surface area contributed by atoms with Gasteiger partial charge >= 0.3 is 6.03 Å². The molecule has 4 heterocycles. The summed E-state index contributed by atoms with van der Waals surface area (Å²) in [6, 6.07) is 9.60. The fourth-order valence-electron chi connectivity index (χ4n) is 4.64. The van der Waals surface area contributed by atoms with Crippen molar-refractivity contribution in [3.8, 4) is 5.75 Å². The molecule has 3 N–H and O–H groups in total. The van der Waals surface area contributed by atoms with Crippen molar-refractivity contribution in [2.75, 3.05) is 49.5 Å². The van der Waals surface area contributed by atoms with Crippen molar-refractivity contribution in [1.82, 2.24) is 19.4 Å². The number of nitrogens with one attached hydrogen (secondary N) is 1. The Morgan fingerprint density at radius 2 is 1.94 bits per heavy atom. The highest BCUT2D eigenvalue weighted by atomic mass is 16.5. The van der Waals surface area contributed by atoms with E-state index in [9.17, 15) is 4.79 Å². The molecular weight excluding hydrogens is 406 g/mol. The molecule has 0 atom stereocenters. The quantitative estimate of drug-likeness (QED) is 0.553. The van der Waals surface area contributed by atoms with Crippen molar-refractivity contribution >= 4 is 28.8 Å². The van der Waals surface area contributed by atoms with Crippen LogP contribution in [0, 0.1) is 0 Å². The van der Waals surface area contributed by atoms with Crippen molar-refractivity contribution in [2.24, 2.45) is 5.73 Å². The van der Waals surface area contributed by atoms with Crippen LogP contribution in [0.5, 0.6) is 5.75 Å². The van der Waals surface area contributed by atoms with Gasteiger partial charge in [0, 0.05) is 45.3 Å². The standard InChI is InChI=1S/C23H29N7O2/c24-22(31)27-23-26-18-6-4-9-25-21(18)30(23)11-2-1-10-28-12-14-29(15-13-28)19-7-3-5-17-8-16-32-20(17)19/h3-7,9H,1-2,8,10-16H2,(H3,24,26,27,31). The molecule has 1 aromatic carbocycles. The van der Waals surface area contributed by atoms with Gasteiger partial charge in [0.05, 0.1) is 12.3 Å². The molecule has 2 aromatic heterocycles. The molecule has 2 aliphatic rings. The molecular formula is C23H29N7O2. The molecule has 0 spiro atoms. The summed E-state index contributed by atoms with van der Waals surface area (Å²) in [4.78, 5) is 25.2. The molecule has 9 heteroatoms. The van der Waals surface area contributed by atoms with Gasteiger partial charge in [-0.1, -0.05) is 12.1 Å². The summed E-state index contributed by atoms with van der Waals surface area (Å²) < 4.78 is 7.83. The molecule has 0 unspecified atom stereocenters. The van der Waals surface area contributed by atoms with E-state index in [1.807, 2.05) is 16.7 Å². The van der Waals surface area contributed by atoms with Crippen LogP contribution in [-0.4, -0.2) is 64.8 Å². The first kappa shape index (κ1) is 20.6. The number of anilines is 2. The number of pyridine rings is 1. The molecule has 0 aliphatic carbocycles. The van der Waals surface area contributed by atoms with E-state index in [-0.39, 0.29) is 0 Å². The van der Waals surface area contributed by atoms with Gasteiger partial charge < -0.3 is 15.4 Å². The van der Waals surface area contributed by atoms with E-state index >= 15 is 0 Å². The minimum Gasteiger partial charge on any atom is -0.491 e. The third-order valence-corrected chi connectivity index (χ3v) is 6.25. The zero-order valence-corrected chi connectivity index (χ0v) is 18.2. The van der Waals surface area contributed by atoms with Crippen LogP contribution >= 0.6 is 0 Å². The van der Waals surface area contributed by atoms with Crippen molar-refractivity contribution in [3.63, 3.8) is 0 Å². The summed E-state index contributed by atoms with van der Waals surface area (Å²) in [5.41, 5.74) is 9.40. The molecule has 32 heavy (non-hydrogen) atoms. The average Bonchev–Trinajstić information content (AvgIpc) is 3.41. The van der Waals surface area contributed by atoms with Crippen LogP contribution in [-0.2, 0) is 13.0 Å². The number of rotatable bonds is 7. The smallest absolute Gasteiger partial charge is 0.318 e.